The second kappa shape index (κ2) is 6.00. The maximum absolute atomic E-state index is 12.5. The van der Waals surface area contributed by atoms with Gasteiger partial charge >= 0.3 is 0 Å². The summed E-state index contributed by atoms with van der Waals surface area (Å²) in [6, 6.07) is 8.92. The van der Waals surface area contributed by atoms with Gasteiger partial charge in [-0.15, -0.1) is 5.10 Å². The van der Waals surface area contributed by atoms with Crippen molar-refractivity contribution in [3.05, 3.63) is 36.7 Å². The van der Waals surface area contributed by atoms with Crippen LogP contribution in [0.25, 0.3) is 0 Å². The van der Waals surface area contributed by atoms with Crippen molar-refractivity contribution >= 4 is 15.7 Å². The minimum absolute atomic E-state index is 0.0505. The van der Waals surface area contributed by atoms with E-state index in [0.29, 0.717) is 5.69 Å². The van der Waals surface area contributed by atoms with Crippen LogP contribution in [0.1, 0.15) is 13.8 Å². The largest absolute Gasteiger partial charge is 0.268 e. The molecule has 0 aliphatic heterocycles. The predicted molar refractivity (Wildman–Crippen MR) is 75.7 cm³/mol. The van der Waals surface area contributed by atoms with E-state index in [1.807, 2.05) is 32.0 Å². The third-order valence-electron chi connectivity index (χ3n) is 2.75. The van der Waals surface area contributed by atoms with Gasteiger partial charge in [-0.1, -0.05) is 18.2 Å². The molecule has 0 saturated carbocycles. The zero-order chi connectivity index (χ0) is 14.6. The van der Waals surface area contributed by atoms with Crippen LogP contribution in [-0.4, -0.2) is 40.4 Å². The lowest BCUT2D eigenvalue weighted by atomic mass is 10.3. The van der Waals surface area contributed by atoms with Crippen molar-refractivity contribution in [2.24, 2.45) is 0 Å². The Bertz CT molecular complexity index is 625. The van der Waals surface area contributed by atoms with Crippen LogP contribution < -0.4 is 4.31 Å². The number of para-hydroxylation sites is 1. The number of anilines is 1. The van der Waals surface area contributed by atoms with Gasteiger partial charge in [0.05, 0.1) is 18.0 Å². The predicted octanol–water partition coefficient (Wildman–Crippen LogP) is 0.918. The van der Waals surface area contributed by atoms with E-state index in [1.54, 1.807) is 12.1 Å². The Labute approximate surface area is 118 Å². The maximum Gasteiger partial charge on any atom is 0.237 e. The van der Waals surface area contributed by atoms with Crippen LogP contribution in [0.3, 0.4) is 0 Å². The quantitative estimate of drug-likeness (QED) is 0.791. The third kappa shape index (κ3) is 3.32. The highest BCUT2D eigenvalue weighted by atomic mass is 32.2. The summed E-state index contributed by atoms with van der Waals surface area (Å²) in [6.45, 7) is 3.93. The van der Waals surface area contributed by atoms with Gasteiger partial charge in [-0.05, 0) is 36.4 Å². The highest BCUT2D eigenvalue weighted by molar-refractivity contribution is 7.92. The minimum Gasteiger partial charge on any atom is -0.268 e. The summed E-state index contributed by atoms with van der Waals surface area (Å²) in [4.78, 5) is 0. The first-order valence-corrected chi connectivity index (χ1v) is 7.89. The first-order valence-electron chi connectivity index (χ1n) is 6.28. The summed E-state index contributed by atoms with van der Waals surface area (Å²) in [5.41, 5.74) is 0.666. The molecule has 20 heavy (non-hydrogen) atoms. The van der Waals surface area contributed by atoms with Gasteiger partial charge in [-0.2, -0.15) is 0 Å². The molecule has 0 fully saturated rings. The molecule has 0 spiro atoms. The van der Waals surface area contributed by atoms with Crippen LogP contribution in [0.2, 0.25) is 0 Å². The Morgan fingerprint density at radius 2 is 1.95 bits per heavy atom. The molecular formula is C12H17N5O2S. The van der Waals surface area contributed by atoms with E-state index in [1.165, 1.54) is 15.3 Å². The summed E-state index contributed by atoms with van der Waals surface area (Å²) in [7, 11) is -3.43. The fourth-order valence-corrected chi connectivity index (χ4v) is 3.64. The average molecular weight is 295 g/mol. The lowest BCUT2D eigenvalue weighted by Crippen LogP contribution is -2.39. The van der Waals surface area contributed by atoms with E-state index in [-0.39, 0.29) is 18.3 Å². The van der Waals surface area contributed by atoms with Gasteiger partial charge in [-0.3, -0.25) is 4.31 Å². The number of nitrogens with zero attached hydrogens (tertiary/aromatic N) is 5. The fourth-order valence-electron chi connectivity index (χ4n) is 1.94. The maximum atomic E-state index is 12.5. The number of hydrogen-bond acceptors (Lipinski definition) is 5. The molecule has 0 aliphatic carbocycles. The number of benzene rings is 1. The Hall–Kier alpha value is -1.96. The summed E-state index contributed by atoms with van der Waals surface area (Å²) < 4.78 is 27.9. The summed E-state index contributed by atoms with van der Waals surface area (Å²) in [5, 5.41) is 10.6. The Morgan fingerprint density at radius 1 is 1.25 bits per heavy atom. The van der Waals surface area contributed by atoms with Crippen molar-refractivity contribution in [2.45, 2.75) is 26.4 Å². The van der Waals surface area contributed by atoms with Crippen LogP contribution in [0, 0.1) is 0 Å². The van der Waals surface area contributed by atoms with Gasteiger partial charge in [0.15, 0.2) is 0 Å². The van der Waals surface area contributed by atoms with Gasteiger partial charge in [0.1, 0.15) is 6.33 Å². The third-order valence-corrected chi connectivity index (χ3v) is 4.68. The summed E-state index contributed by atoms with van der Waals surface area (Å²) in [6.07, 6.45) is 1.40. The molecule has 0 N–H and O–H groups in total. The molecule has 1 aromatic heterocycles. The molecule has 8 heteroatoms. The number of tetrazole rings is 1. The van der Waals surface area contributed by atoms with Gasteiger partial charge in [0.2, 0.25) is 10.0 Å². The molecule has 7 nitrogen and oxygen atoms in total. The van der Waals surface area contributed by atoms with Crippen molar-refractivity contribution in [3.63, 3.8) is 0 Å². The van der Waals surface area contributed by atoms with Crippen LogP contribution >= 0.6 is 0 Å². The van der Waals surface area contributed by atoms with E-state index in [0.717, 1.165) is 0 Å². The Balaban J connectivity index is 2.20. The topological polar surface area (TPSA) is 81.0 Å². The average Bonchev–Trinajstić information content (AvgIpc) is 2.90. The van der Waals surface area contributed by atoms with Crippen LogP contribution in [0.5, 0.6) is 0 Å². The zero-order valence-electron chi connectivity index (χ0n) is 11.4. The van der Waals surface area contributed by atoms with E-state index < -0.39 is 10.0 Å². The van der Waals surface area contributed by atoms with Crippen molar-refractivity contribution in [2.75, 3.05) is 10.1 Å². The molecule has 1 aromatic carbocycles. The normalized spacial score (nSPS) is 11.8. The second-order valence-electron chi connectivity index (χ2n) is 4.61. The van der Waals surface area contributed by atoms with E-state index >= 15 is 0 Å². The van der Waals surface area contributed by atoms with Crippen molar-refractivity contribution in [1.29, 1.82) is 0 Å². The van der Waals surface area contributed by atoms with Crippen LogP contribution in [0.15, 0.2) is 36.7 Å². The first kappa shape index (κ1) is 14.4. The Morgan fingerprint density at radius 3 is 2.50 bits per heavy atom. The molecular weight excluding hydrogens is 278 g/mol. The fraction of sp³-hybridized carbons (Fsp3) is 0.417. The molecule has 0 radical (unpaired) electrons. The lowest BCUT2D eigenvalue weighted by Gasteiger charge is -2.28. The van der Waals surface area contributed by atoms with Crippen molar-refractivity contribution in [3.8, 4) is 0 Å². The molecule has 1 heterocycles. The van der Waals surface area contributed by atoms with Crippen molar-refractivity contribution < 1.29 is 8.42 Å². The summed E-state index contributed by atoms with van der Waals surface area (Å²) in [5.74, 6) is -0.0505. The molecule has 108 valence electrons. The lowest BCUT2D eigenvalue weighted by molar-refractivity contribution is 0.565. The van der Waals surface area contributed by atoms with Gasteiger partial charge < -0.3 is 0 Å². The van der Waals surface area contributed by atoms with Gasteiger partial charge in [-0.25, -0.2) is 13.1 Å². The molecule has 0 saturated heterocycles. The monoisotopic (exact) mass is 295 g/mol. The SMILES string of the molecule is CC(C)N(c1ccccc1)S(=O)(=O)CCn1cnnn1. The van der Waals surface area contributed by atoms with Gasteiger partial charge in [0, 0.05) is 6.04 Å². The van der Waals surface area contributed by atoms with E-state index in [4.69, 9.17) is 0 Å². The van der Waals surface area contributed by atoms with Gasteiger partial charge in [0.25, 0.3) is 0 Å². The number of sulfonamides is 1. The smallest absolute Gasteiger partial charge is 0.237 e. The minimum atomic E-state index is -3.43. The second-order valence-corrected chi connectivity index (χ2v) is 6.58. The number of aromatic nitrogens is 4. The number of rotatable bonds is 6. The molecule has 0 unspecified atom stereocenters. The standard InChI is InChI=1S/C12H17N5O2S/c1-11(2)17(12-6-4-3-5-7-12)20(18,19)9-8-16-10-13-14-15-16/h3-7,10-11H,8-9H2,1-2H3. The molecule has 0 atom stereocenters. The first-order chi connectivity index (χ1) is 9.50. The highest BCUT2D eigenvalue weighted by Crippen LogP contribution is 2.21. The van der Waals surface area contributed by atoms with Crippen LogP contribution in [-0.2, 0) is 16.6 Å². The zero-order valence-corrected chi connectivity index (χ0v) is 12.2. The molecule has 2 aromatic rings. The molecule has 2 rings (SSSR count). The number of aryl methyl sites for hydroxylation is 1. The van der Waals surface area contributed by atoms with Crippen LogP contribution in [0.4, 0.5) is 5.69 Å². The Kier molecular flexibility index (Phi) is 4.33. The van der Waals surface area contributed by atoms with E-state index in [2.05, 4.69) is 15.5 Å². The molecule has 0 aliphatic rings. The van der Waals surface area contributed by atoms with Crippen molar-refractivity contribution in [1.82, 2.24) is 20.2 Å². The molecule has 0 bridgehead atoms. The van der Waals surface area contributed by atoms with E-state index in [9.17, 15) is 8.42 Å². The molecule has 0 amide bonds. The number of hydrogen-bond donors (Lipinski definition) is 0. The summed E-state index contributed by atoms with van der Waals surface area (Å²) >= 11 is 0. The highest BCUT2D eigenvalue weighted by Gasteiger charge is 2.25.